The second-order valence-corrected chi connectivity index (χ2v) is 8.91. The van der Waals surface area contributed by atoms with Gasteiger partial charge in [0.05, 0.1) is 11.1 Å². The highest BCUT2D eigenvalue weighted by Crippen LogP contribution is 2.31. The van der Waals surface area contributed by atoms with Gasteiger partial charge in [-0.2, -0.15) is 0 Å². The van der Waals surface area contributed by atoms with Crippen LogP contribution >= 0.6 is 0 Å². The number of fused-ring (bicyclic) bond motifs is 2. The van der Waals surface area contributed by atoms with E-state index >= 15 is 4.39 Å². The minimum atomic E-state index is -1.16. The van der Waals surface area contributed by atoms with Gasteiger partial charge in [-0.05, 0) is 41.8 Å². The molecular weight excluding hydrogens is 430 g/mol. The molecule has 2 aromatic carbocycles. The number of halogens is 2. The number of carbonyl (C=O) groups is 2. The molecule has 0 spiro atoms. The minimum absolute atomic E-state index is 0.199. The van der Waals surface area contributed by atoms with Crippen molar-refractivity contribution in [1.82, 2.24) is 9.80 Å². The Hall–Kier alpha value is -2.84. The molecule has 0 aliphatic carbocycles. The molecule has 174 valence electrons. The molecule has 3 heterocycles. The van der Waals surface area contributed by atoms with Crippen molar-refractivity contribution in [2.24, 2.45) is 0 Å². The predicted molar refractivity (Wildman–Crippen MR) is 116 cm³/mol. The number of nitrogens with zero attached hydrogens (tertiary/aromatic N) is 2. The van der Waals surface area contributed by atoms with Gasteiger partial charge in [0.25, 0.3) is 0 Å². The average Bonchev–Trinajstić information content (AvgIpc) is 3.38. The first kappa shape index (κ1) is 22.0. The van der Waals surface area contributed by atoms with Gasteiger partial charge in [-0.3, -0.25) is 9.80 Å². The second-order valence-electron chi connectivity index (χ2n) is 8.91. The summed E-state index contributed by atoms with van der Waals surface area (Å²) >= 11 is 0. The molecule has 1 saturated heterocycles. The molecular formula is C25H26F2N2O4. The van der Waals surface area contributed by atoms with Gasteiger partial charge in [-0.1, -0.05) is 12.1 Å². The molecule has 2 aromatic rings. The fourth-order valence-corrected chi connectivity index (χ4v) is 4.87. The maximum atomic E-state index is 15.1. The van der Waals surface area contributed by atoms with Crippen LogP contribution in [0.5, 0.6) is 0 Å². The summed E-state index contributed by atoms with van der Waals surface area (Å²) in [4.78, 5) is 27.4. The van der Waals surface area contributed by atoms with Crippen LogP contribution in [0, 0.1) is 6.92 Å². The third kappa shape index (κ3) is 4.25. The van der Waals surface area contributed by atoms with Gasteiger partial charge in [0.15, 0.2) is 0 Å². The number of cyclic esters (lactones) is 2. The van der Waals surface area contributed by atoms with Crippen LogP contribution in [0.25, 0.3) is 0 Å². The number of esters is 2. The second kappa shape index (κ2) is 8.83. The molecule has 0 N–H and O–H groups in total. The fourth-order valence-electron chi connectivity index (χ4n) is 4.87. The van der Waals surface area contributed by atoms with Gasteiger partial charge >= 0.3 is 11.9 Å². The van der Waals surface area contributed by atoms with E-state index in [9.17, 15) is 14.0 Å². The third-order valence-corrected chi connectivity index (χ3v) is 6.92. The molecule has 5 rings (SSSR count). The Bertz CT molecular complexity index is 1100. The highest BCUT2D eigenvalue weighted by molar-refractivity contribution is 5.94. The van der Waals surface area contributed by atoms with Crippen LogP contribution in [0.3, 0.4) is 0 Å². The van der Waals surface area contributed by atoms with Gasteiger partial charge in [0.1, 0.15) is 25.6 Å². The van der Waals surface area contributed by atoms with E-state index in [-0.39, 0.29) is 38.2 Å². The van der Waals surface area contributed by atoms with Crippen LogP contribution in [-0.4, -0.2) is 61.0 Å². The first-order valence-electron chi connectivity index (χ1n) is 11.2. The molecule has 6 nitrogen and oxygen atoms in total. The molecule has 3 aliphatic rings. The lowest BCUT2D eigenvalue weighted by Gasteiger charge is -2.36. The zero-order valence-corrected chi connectivity index (χ0v) is 18.5. The first-order chi connectivity index (χ1) is 15.9. The van der Waals surface area contributed by atoms with E-state index in [1.54, 1.807) is 30.3 Å². The Balaban J connectivity index is 1.14. The van der Waals surface area contributed by atoms with Crippen molar-refractivity contribution in [2.75, 3.05) is 39.3 Å². The van der Waals surface area contributed by atoms with E-state index < -0.39 is 12.3 Å². The van der Waals surface area contributed by atoms with Crippen LogP contribution in [0.1, 0.15) is 60.9 Å². The molecule has 3 aliphatic heterocycles. The Morgan fingerprint density at radius 2 is 1.45 bits per heavy atom. The van der Waals surface area contributed by atoms with E-state index in [1.807, 2.05) is 11.8 Å². The van der Waals surface area contributed by atoms with E-state index in [2.05, 4.69) is 4.90 Å². The third-order valence-electron chi connectivity index (χ3n) is 6.92. The number of benzene rings is 2. The zero-order chi connectivity index (χ0) is 23.1. The average molecular weight is 456 g/mol. The van der Waals surface area contributed by atoms with Crippen molar-refractivity contribution in [3.63, 3.8) is 0 Å². The molecule has 0 amide bonds. The summed E-state index contributed by atoms with van der Waals surface area (Å²) in [6, 6.07) is 8.34. The first-order valence-corrected chi connectivity index (χ1v) is 11.2. The van der Waals surface area contributed by atoms with Crippen LogP contribution in [0.2, 0.25) is 0 Å². The van der Waals surface area contributed by atoms with Crippen LogP contribution in [0.15, 0.2) is 30.3 Å². The van der Waals surface area contributed by atoms with Crippen LogP contribution < -0.4 is 0 Å². The van der Waals surface area contributed by atoms with Gasteiger partial charge in [-0.25, -0.2) is 18.4 Å². The standard InChI is InChI=1S/C25H26F2N2O4/c1-15-18(4-5-20-21(15)14-33-25(20)31)23(27)12-29-8-6-28(7-9-29)11-22(26)16-2-3-19-17(10-16)13-32-24(19)30/h2-5,10,22-23H,6-9,11-14H2,1H3. The fraction of sp³-hybridized carbons (Fsp3) is 0.440. The summed E-state index contributed by atoms with van der Waals surface area (Å²) < 4.78 is 40.1. The van der Waals surface area contributed by atoms with E-state index in [1.165, 1.54) is 0 Å². The Morgan fingerprint density at radius 1 is 0.848 bits per heavy atom. The summed E-state index contributed by atoms with van der Waals surface area (Å²) in [5.41, 5.74) is 4.48. The normalized spacial score (nSPS) is 20.2. The molecule has 8 heteroatoms. The van der Waals surface area contributed by atoms with E-state index in [0.29, 0.717) is 48.4 Å². The molecule has 0 saturated carbocycles. The lowest BCUT2D eigenvalue weighted by atomic mass is 9.95. The lowest BCUT2D eigenvalue weighted by Crippen LogP contribution is -2.48. The summed E-state index contributed by atoms with van der Waals surface area (Å²) in [7, 11) is 0. The number of carbonyl (C=O) groups excluding carboxylic acids is 2. The molecule has 1 fully saturated rings. The number of hydrogen-bond donors (Lipinski definition) is 0. The number of alkyl halides is 2. The van der Waals surface area contributed by atoms with Gasteiger partial charge < -0.3 is 9.47 Å². The maximum absolute atomic E-state index is 15.1. The highest BCUT2D eigenvalue weighted by Gasteiger charge is 2.29. The van der Waals surface area contributed by atoms with Crippen molar-refractivity contribution in [3.05, 3.63) is 69.3 Å². The van der Waals surface area contributed by atoms with E-state index in [4.69, 9.17) is 9.47 Å². The largest absolute Gasteiger partial charge is 0.457 e. The number of hydrogen-bond acceptors (Lipinski definition) is 6. The van der Waals surface area contributed by atoms with Crippen LogP contribution in [-0.2, 0) is 22.7 Å². The maximum Gasteiger partial charge on any atom is 0.338 e. The van der Waals surface area contributed by atoms with Gasteiger partial charge in [0, 0.05) is 50.4 Å². The van der Waals surface area contributed by atoms with Crippen molar-refractivity contribution < 1.29 is 27.8 Å². The lowest BCUT2D eigenvalue weighted by molar-refractivity contribution is 0.0526. The molecule has 0 bridgehead atoms. The molecule has 2 unspecified atom stereocenters. The smallest absolute Gasteiger partial charge is 0.338 e. The van der Waals surface area contributed by atoms with Crippen molar-refractivity contribution in [3.8, 4) is 0 Å². The van der Waals surface area contributed by atoms with Crippen molar-refractivity contribution >= 4 is 11.9 Å². The summed E-state index contributed by atoms with van der Waals surface area (Å²) in [5.74, 6) is -0.704. The number of ether oxygens (including phenoxy) is 2. The van der Waals surface area contributed by atoms with E-state index in [0.717, 1.165) is 16.7 Å². The molecule has 0 aromatic heterocycles. The Labute approximate surface area is 191 Å². The van der Waals surface area contributed by atoms with Crippen LogP contribution in [0.4, 0.5) is 8.78 Å². The number of piperazine rings is 1. The Kier molecular flexibility index (Phi) is 5.88. The minimum Gasteiger partial charge on any atom is -0.457 e. The van der Waals surface area contributed by atoms with Crippen molar-refractivity contribution in [1.29, 1.82) is 0 Å². The zero-order valence-electron chi connectivity index (χ0n) is 18.5. The SMILES string of the molecule is Cc1c(C(F)CN2CCN(CC(F)c3ccc4c(c3)COC4=O)CC2)ccc2c1COC2=O. The highest BCUT2D eigenvalue weighted by atomic mass is 19.1. The van der Waals surface area contributed by atoms with Gasteiger partial charge in [-0.15, -0.1) is 0 Å². The number of rotatable bonds is 6. The topological polar surface area (TPSA) is 59.1 Å². The molecule has 33 heavy (non-hydrogen) atoms. The molecule has 2 atom stereocenters. The summed E-state index contributed by atoms with van der Waals surface area (Å²) in [6.07, 6.45) is -2.33. The van der Waals surface area contributed by atoms with Gasteiger partial charge in [0.2, 0.25) is 0 Å². The predicted octanol–water partition coefficient (Wildman–Crippen LogP) is 3.67. The summed E-state index contributed by atoms with van der Waals surface area (Å²) in [6.45, 7) is 5.40. The Morgan fingerprint density at radius 3 is 2.18 bits per heavy atom. The monoisotopic (exact) mass is 456 g/mol. The quantitative estimate of drug-likeness (QED) is 0.619. The van der Waals surface area contributed by atoms with Crippen molar-refractivity contribution in [2.45, 2.75) is 32.5 Å². The summed E-state index contributed by atoms with van der Waals surface area (Å²) in [5, 5.41) is 0. The molecule has 0 radical (unpaired) electrons.